The molecule has 0 bridgehead atoms. The van der Waals surface area contributed by atoms with Crippen LogP contribution in [-0.2, 0) is 27.5 Å². The molecule has 1 heterocycles. The van der Waals surface area contributed by atoms with Crippen LogP contribution in [0.1, 0.15) is 11.3 Å². The fourth-order valence-corrected chi connectivity index (χ4v) is 4.47. The maximum Gasteiger partial charge on any atom is 0.416 e. The van der Waals surface area contributed by atoms with E-state index in [1.54, 1.807) is 12.1 Å². The van der Waals surface area contributed by atoms with Crippen LogP contribution in [-0.4, -0.2) is 35.1 Å². The number of ether oxygens (including phenoxy) is 2. The zero-order valence-corrected chi connectivity index (χ0v) is 18.9. The number of nitrogens with zero attached hydrogens (tertiary/aromatic N) is 1. The molecule has 0 aliphatic heterocycles. The average Bonchev–Trinajstić information content (AvgIpc) is 3.34. The van der Waals surface area contributed by atoms with E-state index in [9.17, 15) is 26.4 Å². The summed E-state index contributed by atoms with van der Waals surface area (Å²) in [5.41, 5.74) is -1.40. The van der Waals surface area contributed by atoms with Gasteiger partial charge in [-0.3, -0.25) is 9.10 Å². The molecule has 0 saturated heterocycles. The molecule has 3 aromatic rings. The number of alkyl halides is 3. The maximum absolute atomic E-state index is 13.5. The monoisotopic (exact) mass is 498 g/mol. The zero-order valence-electron chi connectivity index (χ0n) is 18.1. The number of methoxy groups -OCH3 is 2. The summed E-state index contributed by atoms with van der Waals surface area (Å²) < 4.78 is 82.8. The molecule has 0 radical (unpaired) electrons. The number of benzene rings is 2. The third-order valence-corrected chi connectivity index (χ3v) is 6.50. The van der Waals surface area contributed by atoms with E-state index in [2.05, 4.69) is 5.32 Å². The van der Waals surface area contributed by atoms with E-state index in [0.29, 0.717) is 16.1 Å². The maximum atomic E-state index is 13.5. The van der Waals surface area contributed by atoms with Crippen LogP contribution in [0.25, 0.3) is 0 Å². The molecule has 0 aliphatic carbocycles. The van der Waals surface area contributed by atoms with Crippen LogP contribution in [0.15, 0.2) is 70.2 Å². The van der Waals surface area contributed by atoms with Crippen LogP contribution in [0, 0.1) is 0 Å². The highest BCUT2D eigenvalue weighted by Gasteiger charge is 2.33. The summed E-state index contributed by atoms with van der Waals surface area (Å²) in [6.07, 6.45) is -3.31. The van der Waals surface area contributed by atoms with E-state index in [1.807, 2.05) is 0 Å². The van der Waals surface area contributed by atoms with Gasteiger partial charge in [0.1, 0.15) is 12.3 Å². The van der Waals surface area contributed by atoms with Crippen molar-refractivity contribution in [2.45, 2.75) is 17.6 Å². The minimum atomic E-state index is -4.71. The number of furan rings is 1. The minimum Gasteiger partial charge on any atom is -0.493 e. The van der Waals surface area contributed by atoms with E-state index < -0.39 is 34.2 Å². The highest BCUT2D eigenvalue weighted by Crippen LogP contribution is 2.35. The second-order valence-corrected chi connectivity index (χ2v) is 8.79. The number of carbonyl (C=O) groups excluding carboxylic acids is 1. The Morgan fingerprint density at radius 2 is 1.76 bits per heavy atom. The van der Waals surface area contributed by atoms with Gasteiger partial charge in [-0.2, -0.15) is 13.2 Å². The molecule has 34 heavy (non-hydrogen) atoms. The number of carbonyl (C=O) groups is 1. The lowest BCUT2D eigenvalue weighted by Crippen LogP contribution is -2.40. The van der Waals surface area contributed by atoms with Gasteiger partial charge < -0.3 is 19.2 Å². The standard InChI is InChI=1S/C22H21F3N2O6S/c1-31-19-9-8-18(12-20(19)32-2)34(29,30)27(14-21(28)26-13-17-7-4-10-33-17)16-6-3-5-15(11-16)22(23,24)25/h3-12H,13-14H2,1-2H3,(H,26,28). The van der Waals surface area contributed by atoms with Gasteiger partial charge >= 0.3 is 6.18 Å². The van der Waals surface area contributed by atoms with Crippen molar-refractivity contribution in [3.8, 4) is 11.5 Å². The lowest BCUT2D eigenvalue weighted by Gasteiger charge is -2.25. The van der Waals surface area contributed by atoms with Crippen molar-refractivity contribution in [2.75, 3.05) is 25.1 Å². The first-order valence-corrected chi connectivity index (χ1v) is 11.2. The number of anilines is 1. The first-order valence-electron chi connectivity index (χ1n) is 9.77. The Balaban J connectivity index is 2.01. The Morgan fingerprint density at radius 1 is 1.03 bits per heavy atom. The molecule has 0 atom stereocenters. The Bertz CT molecular complexity index is 1240. The highest BCUT2D eigenvalue weighted by atomic mass is 32.2. The molecule has 0 spiro atoms. The summed E-state index contributed by atoms with van der Waals surface area (Å²) >= 11 is 0. The number of hydrogen-bond acceptors (Lipinski definition) is 6. The third-order valence-electron chi connectivity index (χ3n) is 4.73. The SMILES string of the molecule is COc1ccc(S(=O)(=O)N(CC(=O)NCc2ccco2)c2cccc(C(F)(F)F)c2)cc1OC. The van der Waals surface area contributed by atoms with Crippen LogP contribution in [0.4, 0.5) is 18.9 Å². The van der Waals surface area contributed by atoms with E-state index in [0.717, 1.165) is 18.2 Å². The van der Waals surface area contributed by atoms with Crippen molar-refractivity contribution in [3.05, 3.63) is 72.2 Å². The van der Waals surface area contributed by atoms with E-state index in [-0.39, 0.29) is 28.6 Å². The molecule has 0 fully saturated rings. The quantitative estimate of drug-likeness (QED) is 0.482. The summed E-state index contributed by atoms with van der Waals surface area (Å²) in [6, 6.07) is 10.6. The molecule has 2 aromatic carbocycles. The summed E-state index contributed by atoms with van der Waals surface area (Å²) in [7, 11) is -1.82. The topological polar surface area (TPSA) is 98.1 Å². The van der Waals surface area contributed by atoms with Crippen molar-refractivity contribution in [3.63, 3.8) is 0 Å². The Kier molecular flexibility index (Phi) is 7.40. The van der Waals surface area contributed by atoms with Crippen LogP contribution in [0.5, 0.6) is 11.5 Å². The normalized spacial score (nSPS) is 11.7. The Labute approximate surface area is 193 Å². The molecule has 1 amide bonds. The number of hydrogen-bond donors (Lipinski definition) is 1. The van der Waals surface area contributed by atoms with Crippen LogP contribution >= 0.6 is 0 Å². The molecule has 182 valence electrons. The summed E-state index contributed by atoms with van der Waals surface area (Å²) in [4.78, 5) is 12.3. The number of amides is 1. The van der Waals surface area contributed by atoms with Crippen molar-refractivity contribution in [1.82, 2.24) is 5.32 Å². The Morgan fingerprint density at radius 3 is 2.38 bits per heavy atom. The summed E-state index contributed by atoms with van der Waals surface area (Å²) in [5, 5.41) is 2.49. The van der Waals surface area contributed by atoms with E-state index in [1.165, 1.54) is 38.7 Å². The molecule has 0 saturated carbocycles. The van der Waals surface area contributed by atoms with Gasteiger partial charge in [0, 0.05) is 6.07 Å². The average molecular weight is 498 g/mol. The van der Waals surface area contributed by atoms with Crippen LogP contribution in [0.3, 0.4) is 0 Å². The van der Waals surface area contributed by atoms with Gasteiger partial charge in [-0.25, -0.2) is 8.42 Å². The van der Waals surface area contributed by atoms with Gasteiger partial charge in [0.2, 0.25) is 5.91 Å². The molecule has 1 N–H and O–H groups in total. The molecule has 3 rings (SSSR count). The van der Waals surface area contributed by atoms with Crippen molar-refractivity contribution in [2.24, 2.45) is 0 Å². The zero-order chi connectivity index (χ0) is 24.9. The van der Waals surface area contributed by atoms with Gasteiger partial charge in [0.05, 0.1) is 43.2 Å². The largest absolute Gasteiger partial charge is 0.493 e. The molecule has 0 unspecified atom stereocenters. The second kappa shape index (κ2) is 10.1. The number of nitrogens with one attached hydrogen (secondary N) is 1. The van der Waals surface area contributed by atoms with Gasteiger partial charge in [0.15, 0.2) is 11.5 Å². The third kappa shape index (κ3) is 5.63. The lowest BCUT2D eigenvalue weighted by molar-refractivity contribution is -0.137. The lowest BCUT2D eigenvalue weighted by atomic mass is 10.2. The minimum absolute atomic E-state index is 0.0291. The van der Waals surface area contributed by atoms with Crippen LogP contribution in [0.2, 0.25) is 0 Å². The number of halogens is 3. The van der Waals surface area contributed by atoms with Gasteiger partial charge in [-0.05, 0) is 42.5 Å². The number of sulfonamides is 1. The summed E-state index contributed by atoms with van der Waals surface area (Å²) in [5.74, 6) is 0.0117. The van der Waals surface area contributed by atoms with E-state index >= 15 is 0 Å². The smallest absolute Gasteiger partial charge is 0.416 e. The molecule has 12 heteroatoms. The van der Waals surface area contributed by atoms with Gasteiger partial charge in [0.25, 0.3) is 10.0 Å². The fourth-order valence-electron chi connectivity index (χ4n) is 3.04. The predicted octanol–water partition coefficient (Wildman–Crippen LogP) is 3.83. The van der Waals surface area contributed by atoms with E-state index in [4.69, 9.17) is 13.9 Å². The predicted molar refractivity (Wildman–Crippen MR) is 116 cm³/mol. The van der Waals surface area contributed by atoms with Crippen LogP contribution < -0.4 is 19.1 Å². The summed E-state index contributed by atoms with van der Waals surface area (Å²) in [6.45, 7) is -0.808. The molecular formula is C22H21F3N2O6S. The first-order chi connectivity index (χ1) is 16.1. The second-order valence-electron chi connectivity index (χ2n) is 6.93. The first kappa shape index (κ1) is 25.0. The molecule has 8 nitrogen and oxygen atoms in total. The van der Waals surface area contributed by atoms with Crippen molar-refractivity contribution in [1.29, 1.82) is 0 Å². The molecule has 1 aromatic heterocycles. The molecule has 0 aliphatic rings. The highest BCUT2D eigenvalue weighted by molar-refractivity contribution is 7.92. The van der Waals surface area contributed by atoms with Gasteiger partial charge in [-0.1, -0.05) is 6.07 Å². The Hall–Kier alpha value is -3.67. The van der Waals surface area contributed by atoms with Gasteiger partial charge in [-0.15, -0.1) is 0 Å². The number of rotatable bonds is 9. The van der Waals surface area contributed by atoms with Crippen molar-refractivity contribution < 1.29 is 40.3 Å². The fraction of sp³-hybridized carbons (Fsp3) is 0.227. The van der Waals surface area contributed by atoms with Crippen molar-refractivity contribution >= 4 is 21.6 Å². The molecular weight excluding hydrogens is 477 g/mol.